The van der Waals surface area contributed by atoms with Crippen LogP contribution in [0.1, 0.15) is 25.0 Å². The summed E-state index contributed by atoms with van der Waals surface area (Å²) < 4.78 is 0. The average molecular weight is 374 g/mol. The molecule has 0 bridgehead atoms. The number of rotatable bonds is 7. The van der Waals surface area contributed by atoms with Crippen LogP contribution in [0.25, 0.3) is 0 Å². The Morgan fingerprint density at radius 1 is 0.821 bits per heavy atom. The third-order valence-electron chi connectivity index (χ3n) is 4.97. The lowest BCUT2D eigenvalue weighted by atomic mass is 9.85. The second kappa shape index (κ2) is 8.72. The molecule has 4 heteroatoms. The van der Waals surface area contributed by atoms with E-state index in [1.54, 1.807) is 24.3 Å². The fraction of sp³-hybridized carbons (Fsp3) is 0.208. The van der Waals surface area contributed by atoms with Gasteiger partial charge in [0.15, 0.2) is 5.60 Å². The zero-order valence-electron chi connectivity index (χ0n) is 16.3. The van der Waals surface area contributed by atoms with Crippen LogP contribution in [-0.2, 0) is 10.4 Å². The Morgan fingerprint density at radius 3 is 1.71 bits per heavy atom. The molecule has 1 amide bonds. The minimum atomic E-state index is -1.78. The molecule has 2 N–H and O–H groups in total. The van der Waals surface area contributed by atoms with Gasteiger partial charge in [-0.05, 0) is 49.2 Å². The van der Waals surface area contributed by atoms with Crippen molar-refractivity contribution in [3.8, 4) is 0 Å². The Bertz CT molecular complexity index is 849. The Balaban J connectivity index is 1.91. The van der Waals surface area contributed by atoms with Gasteiger partial charge < -0.3 is 15.3 Å². The number of aliphatic hydroxyl groups is 1. The molecule has 0 aliphatic rings. The molecule has 3 aromatic rings. The highest BCUT2D eigenvalue weighted by atomic mass is 16.3. The summed E-state index contributed by atoms with van der Waals surface area (Å²) in [5, 5.41) is 14.4. The van der Waals surface area contributed by atoms with E-state index in [2.05, 4.69) is 24.1 Å². The molecule has 28 heavy (non-hydrogen) atoms. The fourth-order valence-electron chi connectivity index (χ4n) is 3.35. The maximum absolute atomic E-state index is 13.2. The van der Waals surface area contributed by atoms with Gasteiger partial charge in [0.2, 0.25) is 0 Å². The molecular formula is C24H26N2O2. The quantitative estimate of drug-likeness (QED) is 0.644. The standard InChI is InChI=1S/C24H26N2O2/c1-3-26(4-2)22-17-15-21(16-18-22)25-23(27)24(28,19-11-7-5-8-12-19)20-13-9-6-10-14-20/h5-18,28H,3-4H2,1-2H3,(H,25,27). The van der Waals surface area contributed by atoms with E-state index in [4.69, 9.17) is 0 Å². The van der Waals surface area contributed by atoms with Crippen molar-refractivity contribution in [2.75, 3.05) is 23.3 Å². The number of carbonyl (C=O) groups is 1. The minimum absolute atomic E-state index is 0.486. The Morgan fingerprint density at radius 2 is 1.29 bits per heavy atom. The highest BCUT2D eigenvalue weighted by molar-refractivity contribution is 6.00. The largest absolute Gasteiger partial charge is 0.372 e. The topological polar surface area (TPSA) is 52.6 Å². The SMILES string of the molecule is CCN(CC)c1ccc(NC(=O)C(O)(c2ccccc2)c2ccccc2)cc1. The molecule has 0 fully saturated rings. The lowest BCUT2D eigenvalue weighted by Crippen LogP contribution is -2.41. The third kappa shape index (κ3) is 3.92. The van der Waals surface area contributed by atoms with Crippen molar-refractivity contribution in [1.82, 2.24) is 0 Å². The van der Waals surface area contributed by atoms with Gasteiger partial charge in [-0.2, -0.15) is 0 Å². The van der Waals surface area contributed by atoms with E-state index < -0.39 is 11.5 Å². The molecule has 3 aromatic carbocycles. The lowest BCUT2D eigenvalue weighted by molar-refractivity contribution is -0.131. The summed E-state index contributed by atoms with van der Waals surface area (Å²) in [6.45, 7) is 6.06. The molecule has 0 spiro atoms. The van der Waals surface area contributed by atoms with E-state index in [-0.39, 0.29) is 0 Å². The molecule has 4 nitrogen and oxygen atoms in total. The van der Waals surface area contributed by atoms with Gasteiger partial charge in [-0.1, -0.05) is 60.7 Å². The molecule has 0 unspecified atom stereocenters. The normalized spacial score (nSPS) is 11.1. The number of nitrogens with one attached hydrogen (secondary N) is 1. The molecular weight excluding hydrogens is 348 g/mol. The fourth-order valence-corrected chi connectivity index (χ4v) is 3.35. The van der Waals surface area contributed by atoms with Crippen molar-refractivity contribution < 1.29 is 9.90 Å². The van der Waals surface area contributed by atoms with Gasteiger partial charge >= 0.3 is 0 Å². The van der Waals surface area contributed by atoms with Gasteiger partial charge in [-0.15, -0.1) is 0 Å². The number of anilines is 2. The van der Waals surface area contributed by atoms with Crippen LogP contribution in [0.5, 0.6) is 0 Å². The first-order valence-electron chi connectivity index (χ1n) is 9.59. The van der Waals surface area contributed by atoms with Crippen LogP contribution in [-0.4, -0.2) is 24.1 Å². The number of hydrogen-bond donors (Lipinski definition) is 2. The number of carbonyl (C=O) groups excluding carboxylic acids is 1. The molecule has 3 rings (SSSR count). The Kier molecular flexibility index (Phi) is 6.12. The third-order valence-corrected chi connectivity index (χ3v) is 4.97. The van der Waals surface area contributed by atoms with Crippen LogP contribution >= 0.6 is 0 Å². The minimum Gasteiger partial charge on any atom is -0.372 e. The number of hydrogen-bond acceptors (Lipinski definition) is 3. The highest BCUT2D eigenvalue weighted by Gasteiger charge is 2.39. The summed E-state index contributed by atoms with van der Waals surface area (Å²) in [6, 6.07) is 25.7. The maximum Gasteiger partial charge on any atom is 0.265 e. The highest BCUT2D eigenvalue weighted by Crippen LogP contribution is 2.31. The first kappa shape index (κ1) is 19.6. The smallest absolute Gasteiger partial charge is 0.265 e. The first-order chi connectivity index (χ1) is 13.6. The molecule has 0 atom stereocenters. The Labute approximate surface area is 166 Å². The first-order valence-corrected chi connectivity index (χ1v) is 9.59. The molecule has 144 valence electrons. The van der Waals surface area contributed by atoms with Crippen LogP contribution in [0, 0.1) is 0 Å². The van der Waals surface area contributed by atoms with Crippen LogP contribution in [0.2, 0.25) is 0 Å². The van der Waals surface area contributed by atoms with Crippen molar-refractivity contribution in [1.29, 1.82) is 0 Å². The number of benzene rings is 3. The Hall–Kier alpha value is -3.11. The predicted octanol–water partition coefficient (Wildman–Crippen LogP) is 4.41. The molecule has 0 heterocycles. The van der Waals surface area contributed by atoms with E-state index in [0.29, 0.717) is 16.8 Å². The van der Waals surface area contributed by atoms with Crippen molar-refractivity contribution in [2.24, 2.45) is 0 Å². The number of nitrogens with zero attached hydrogens (tertiary/aromatic N) is 1. The zero-order valence-corrected chi connectivity index (χ0v) is 16.3. The van der Waals surface area contributed by atoms with Crippen molar-refractivity contribution in [3.63, 3.8) is 0 Å². The summed E-state index contributed by atoms with van der Waals surface area (Å²) in [5.41, 5.74) is 1.02. The molecule has 0 saturated carbocycles. The summed E-state index contributed by atoms with van der Waals surface area (Å²) in [5.74, 6) is -0.486. The van der Waals surface area contributed by atoms with Gasteiger partial charge in [0, 0.05) is 24.5 Å². The summed E-state index contributed by atoms with van der Waals surface area (Å²) in [4.78, 5) is 15.4. The van der Waals surface area contributed by atoms with Gasteiger partial charge in [0.25, 0.3) is 5.91 Å². The van der Waals surface area contributed by atoms with Crippen LogP contribution in [0.4, 0.5) is 11.4 Å². The summed E-state index contributed by atoms with van der Waals surface area (Å²) in [6.07, 6.45) is 0. The zero-order chi connectivity index (χ0) is 20.0. The number of amides is 1. The van der Waals surface area contributed by atoms with E-state index in [1.165, 1.54) is 0 Å². The van der Waals surface area contributed by atoms with E-state index in [0.717, 1.165) is 18.8 Å². The van der Waals surface area contributed by atoms with Crippen molar-refractivity contribution in [3.05, 3.63) is 96.1 Å². The van der Waals surface area contributed by atoms with E-state index >= 15 is 0 Å². The summed E-state index contributed by atoms with van der Waals surface area (Å²) >= 11 is 0. The van der Waals surface area contributed by atoms with Gasteiger partial charge in [-0.25, -0.2) is 0 Å². The lowest BCUT2D eigenvalue weighted by Gasteiger charge is -2.28. The predicted molar refractivity (Wildman–Crippen MR) is 115 cm³/mol. The van der Waals surface area contributed by atoms with E-state index in [1.807, 2.05) is 60.7 Å². The molecule has 0 aliphatic heterocycles. The van der Waals surface area contributed by atoms with Gasteiger partial charge in [-0.3, -0.25) is 4.79 Å². The molecule has 0 radical (unpaired) electrons. The maximum atomic E-state index is 13.2. The van der Waals surface area contributed by atoms with Gasteiger partial charge in [0.05, 0.1) is 0 Å². The van der Waals surface area contributed by atoms with Crippen LogP contribution < -0.4 is 10.2 Å². The van der Waals surface area contributed by atoms with Crippen LogP contribution in [0.3, 0.4) is 0 Å². The molecule has 0 aliphatic carbocycles. The second-order valence-electron chi connectivity index (χ2n) is 6.62. The van der Waals surface area contributed by atoms with Crippen molar-refractivity contribution >= 4 is 17.3 Å². The average Bonchev–Trinajstić information content (AvgIpc) is 2.76. The van der Waals surface area contributed by atoms with E-state index in [9.17, 15) is 9.90 Å². The molecule has 0 saturated heterocycles. The second-order valence-corrected chi connectivity index (χ2v) is 6.62. The summed E-state index contributed by atoms with van der Waals surface area (Å²) in [7, 11) is 0. The monoisotopic (exact) mass is 374 g/mol. The van der Waals surface area contributed by atoms with Crippen molar-refractivity contribution in [2.45, 2.75) is 19.4 Å². The van der Waals surface area contributed by atoms with Crippen LogP contribution in [0.15, 0.2) is 84.9 Å². The van der Waals surface area contributed by atoms with Gasteiger partial charge in [0.1, 0.15) is 0 Å². The molecule has 0 aromatic heterocycles.